The fourth-order valence-electron chi connectivity index (χ4n) is 3.01. The molecule has 8 nitrogen and oxygen atoms in total. The van der Waals surface area contributed by atoms with Gasteiger partial charge in [0.05, 0.1) is 18.4 Å². The first-order valence-corrected chi connectivity index (χ1v) is 10.9. The average Bonchev–Trinajstić information content (AvgIpc) is 2.87. The highest BCUT2D eigenvalue weighted by molar-refractivity contribution is 5.95. The molecule has 0 saturated heterocycles. The molecule has 35 heavy (non-hydrogen) atoms. The van der Waals surface area contributed by atoms with Crippen molar-refractivity contribution in [2.24, 2.45) is 5.10 Å². The van der Waals surface area contributed by atoms with E-state index in [0.717, 1.165) is 11.1 Å². The van der Waals surface area contributed by atoms with Crippen molar-refractivity contribution in [1.29, 1.82) is 0 Å². The van der Waals surface area contributed by atoms with E-state index in [-0.39, 0.29) is 12.2 Å². The molecule has 0 bridgehead atoms. The number of carbonyl (C=O) groups is 2. The second-order valence-electron chi connectivity index (χ2n) is 7.26. The van der Waals surface area contributed by atoms with Crippen LogP contribution in [0.3, 0.4) is 0 Å². The first-order chi connectivity index (χ1) is 17.0. The van der Waals surface area contributed by atoms with E-state index in [4.69, 9.17) is 19.3 Å². The molecule has 8 heteroatoms. The van der Waals surface area contributed by atoms with Crippen LogP contribution >= 0.6 is 0 Å². The Kier molecular flexibility index (Phi) is 9.01. The number of hydrogen-bond donors (Lipinski definition) is 2. The Morgan fingerprint density at radius 3 is 2.46 bits per heavy atom. The lowest BCUT2D eigenvalue weighted by atomic mass is 10.1. The van der Waals surface area contributed by atoms with E-state index in [0.29, 0.717) is 36.0 Å². The summed E-state index contributed by atoms with van der Waals surface area (Å²) < 4.78 is 16.9. The molecule has 0 fully saturated rings. The zero-order valence-corrected chi connectivity index (χ0v) is 19.3. The molecule has 0 unspecified atom stereocenters. The van der Waals surface area contributed by atoms with Crippen LogP contribution in [0.2, 0.25) is 0 Å². The van der Waals surface area contributed by atoms with Crippen molar-refractivity contribution < 1.29 is 28.9 Å². The number of carboxylic acid groups (broad SMARTS) is 1. The molecule has 3 aromatic carbocycles. The molecule has 2 N–H and O–H groups in total. The number of hydrazone groups is 1. The third-order valence-electron chi connectivity index (χ3n) is 4.71. The minimum atomic E-state index is -0.971. The van der Waals surface area contributed by atoms with Crippen molar-refractivity contribution in [2.75, 3.05) is 13.2 Å². The van der Waals surface area contributed by atoms with Crippen molar-refractivity contribution in [3.63, 3.8) is 0 Å². The standard InChI is InChI=1S/C27H26N2O6/c1-3-14-34-24-13-12-22(16-25(24)33-4-2)26(30)29-28-17-20-6-5-7-23(15-20)35-18-19-8-10-21(11-9-19)27(31)32/h3,5-13,15-17H,1,4,14,18H2,2H3,(H,29,30)(H,31,32)/b28-17+. The molecule has 1 amide bonds. The van der Waals surface area contributed by atoms with Gasteiger partial charge >= 0.3 is 5.97 Å². The van der Waals surface area contributed by atoms with E-state index in [2.05, 4.69) is 17.1 Å². The second kappa shape index (κ2) is 12.6. The number of rotatable bonds is 12. The Morgan fingerprint density at radius 1 is 0.971 bits per heavy atom. The molecule has 0 aromatic heterocycles. The number of carbonyl (C=O) groups excluding carboxylic acids is 1. The topological polar surface area (TPSA) is 106 Å². The molecule has 0 aliphatic carbocycles. The van der Waals surface area contributed by atoms with Gasteiger partial charge in [-0.15, -0.1) is 0 Å². The number of aromatic carboxylic acids is 1. The maximum absolute atomic E-state index is 12.5. The van der Waals surface area contributed by atoms with Crippen LogP contribution in [0, 0.1) is 0 Å². The molecule has 180 valence electrons. The van der Waals surface area contributed by atoms with Gasteiger partial charge < -0.3 is 19.3 Å². The lowest BCUT2D eigenvalue weighted by Gasteiger charge is -2.12. The summed E-state index contributed by atoms with van der Waals surface area (Å²) >= 11 is 0. The van der Waals surface area contributed by atoms with Crippen molar-refractivity contribution in [3.8, 4) is 17.2 Å². The highest BCUT2D eigenvalue weighted by Gasteiger charge is 2.11. The summed E-state index contributed by atoms with van der Waals surface area (Å²) in [6.45, 7) is 6.51. The monoisotopic (exact) mass is 474 g/mol. The molecule has 0 atom stereocenters. The van der Waals surface area contributed by atoms with Gasteiger partial charge in [0.15, 0.2) is 11.5 Å². The number of amides is 1. The minimum Gasteiger partial charge on any atom is -0.490 e. The predicted molar refractivity (Wildman–Crippen MR) is 133 cm³/mol. The van der Waals surface area contributed by atoms with Crippen molar-refractivity contribution in [2.45, 2.75) is 13.5 Å². The molecule has 0 saturated carbocycles. The minimum absolute atomic E-state index is 0.222. The van der Waals surface area contributed by atoms with Gasteiger partial charge in [0, 0.05) is 5.56 Å². The Balaban J connectivity index is 1.58. The van der Waals surface area contributed by atoms with Crippen LogP contribution in [0.15, 0.2) is 84.5 Å². The van der Waals surface area contributed by atoms with E-state index in [1.165, 1.54) is 18.3 Å². The summed E-state index contributed by atoms with van der Waals surface area (Å²) in [5, 5.41) is 13.0. The summed E-state index contributed by atoms with van der Waals surface area (Å²) in [6, 6.07) is 18.6. The van der Waals surface area contributed by atoms with E-state index >= 15 is 0 Å². The first kappa shape index (κ1) is 25.0. The lowest BCUT2D eigenvalue weighted by molar-refractivity contribution is 0.0696. The predicted octanol–water partition coefficient (Wildman–Crippen LogP) is 4.69. The number of nitrogens with zero attached hydrogens (tertiary/aromatic N) is 1. The Bertz CT molecular complexity index is 1200. The Hall–Kier alpha value is -4.59. The van der Waals surface area contributed by atoms with Gasteiger partial charge in [-0.25, -0.2) is 10.2 Å². The number of carboxylic acids is 1. The summed E-state index contributed by atoms with van der Waals surface area (Å²) in [4.78, 5) is 23.5. The summed E-state index contributed by atoms with van der Waals surface area (Å²) in [5.74, 6) is 0.240. The van der Waals surface area contributed by atoms with Gasteiger partial charge in [-0.3, -0.25) is 4.79 Å². The van der Waals surface area contributed by atoms with Crippen LogP contribution in [0.5, 0.6) is 17.2 Å². The van der Waals surface area contributed by atoms with Gasteiger partial charge in [0.25, 0.3) is 5.91 Å². The lowest BCUT2D eigenvalue weighted by Crippen LogP contribution is -2.17. The zero-order chi connectivity index (χ0) is 25.0. The van der Waals surface area contributed by atoms with Crippen LogP contribution in [0.1, 0.15) is 38.8 Å². The van der Waals surface area contributed by atoms with Crippen LogP contribution in [-0.4, -0.2) is 36.4 Å². The third kappa shape index (κ3) is 7.46. The highest BCUT2D eigenvalue weighted by Crippen LogP contribution is 2.28. The van der Waals surface area contributed by atoms with Crippen molar-refractivity contribution in [3.05, 3.63) is 102 Å². The number of benzene rings is 3. The molecular formula is C27H26N2O6. The van der Waals surface area contributed by atoms with Crippen molar-refractivity contribution >= 4 is 18.1 Å². The Morgan fingerprint density at radius 2 is 1.74 bits per heavy atom. The zero-order valence-electron chi connectivity index (χ0n) is 19.3. The van der Waals surface area contributed by atoms with Gasteiger partial charge in [0.1, 0.15) is 19.0 Å². The first-order valence-electron chi connectivity index (χ1n) is 10.9. The molecule has 0 aliphatic heterocycles. The summed E-state index contributed by atoms with van der Waals surface area (Å²) in [6.07, 6.45) is 3.14. The van der Waals surface area contributed by atoms with Crippen LogP contribution in [0.25, 0.3) is 0 Å². The normalized spacial score (nSPS) is 10.5. The van der Waals surface area contributed by atoms with E-state index in [1.54, 1.807) is 48.5 Å². The van der Waals surface area contributed by atoms with E-state index in [9.17, 15) is 9.59 Å². The molecule has 0 radical (unpaired) electrons. The average molecular weight is 475 g/mol. The molecule has 3 aromatic rings. The Labute approximate surface area is 203 Å². The number of nitrogens with one attached hydrogen (secondary N) is 1. The molecule has 0 spiro atoms. The summed E-state index contributed by atoms with van der Waals surface area (Å²) in [7, 11) is 0. The van der Waals surface area contributed by atoms with Crippen LogP contribution in [0.4, 0.5) is 0 Å². The van der Waals surface area contributed by atoms with E-state index < -0.39 is 11.9 Å². The molecule has 0 heterocycles. The smallest absolute Gasteiger partial charge is 0.335 e. The third-order valence-corrected chi connectivity index (χ3v) is 4.71. The van der Waals surface area contributed by atoms with Gasteiger partial charge in [0.2, 0.25) is 0 Å². The quantitative estimate of drug-likeness (QED) is 0.224. The van der Waals surface area contributed by atoms with E-state index in [1.807, 2.05) is 19.1 Å². The highest BCUT2D eigenvalue weighted by atomic mass is 16.5. The van der Waals surface area contributed by atoms with Gasteiger partial charge in [-0.1, -0.05) is 36.9 Å². The summed E-state index contributed by atoms with van der Waals surface area (Å²) in [5.41, 5.74) is 4.67. The fourth-order valence-corrected chi connectivity index (χ4v) is 3.01. The second-order valence-corrected chi connectivity index (χ2v) is 7.26. The molecular weight excluding hydrogens is 448 g/mol. The fraction of sp³-hybridized carbons (Fsp3) is 0.148. The molecule has 0 aliphatic rings. The maximum Gasteiger partial charge on any atom is 0.335 e. The van der Waals surface area contributed by atoms with Crippen LogP contribution in [-0.2, 0) is 6.61 Å². The number of hydrogen-bond acceptors (Lipinski definition) is 6. The number of ether oxygens (including phenoxy) is 3. The SMILES string of the molecule is C=CCOc1ccc(C(=O)N/N=C/c2cccc(OCc3ccc(C(=O)O)cc3)c2)cc1OCC. The maximum atomic E-state index is 12.5. The molecule has 3 rings (SSSR count). The largest absolute Gasteiger partial charge is 0.490 e. The van der Waals surface area contributed by atoms with Crippen molar-refractivity contribution in [1.82, 2.24) is 5.43 Å². The van der Waals surface area contributed by atoms with Gasteiger partial charge in [-0.05, 0) is 60.5 Å². The van der Waals surface area contributed by atoms with Crippen LogP contribution < -0.4 is 19.6 Å². The van der Waals surface area contributed by atoms with Gasteiger partial charge in [-0.2, -0.15) is 5.10 Å².